The molecule has 0 spiro atoms. The van der Waals surface area contributed by atoms with Crippen LogP contribution in [0.3, 0.4) is 0 Å². The van der Waals surface area contributed by atoms with Gasteiger partial charge in [-0.25, -0.2) is 13.9 Å². The molecule has 1 atom stereocenters. The molecule has 200 valence electrons. The van der Waals surface area contributed by atoms with E-state index in [1.54, 1.807) is 22.9 Å². The lowest BCUT2D eigenvalue weighted by atomic mass is 9.95. The molecule has 2 heterocycles. The second kappa shape index (κ2) is 12.2. The number of carbonyl (C=O) groups excluding carboxylic acids is 1. The van der Waals surface area contributed by atoms with Gasteiger partial charge < -0.3 is 14.8 Å². The van der Waals surface area contributed by atoms with Gasteiger partial charge in [-0.15, -0.1) is 5.10 Å². The van der Waals surface area contributed by atoms with Gasteiger partial charge in [0.05, 0.1) is 12.2 Å². The summed E-state index contributed by atoms with van der Waals surface area (Å²) >= 11 is 1.33. The first kappa shape index (κ1) is 26.5. The Kier molecular flexibility index (Phi) is 8.27. The summed E-state index contributed by atoms with van der Waals surface area (Å²) < 4.78 is 27.5. The maximum atomic E-state index is 14.2. The largest absolute Gasteiger partial charge is 0.494 e. The van der Waals surface area contributed by atoms with E-state index >= 15 is 0 Å². The van der Waals surface area contributed by atoms with Crippen LogP contribution >= 0.6 is 11.8 Å². The van der Waals surface area contributed by atoms with Crippen molar-refractivity contribution in [1.29, 1.82) is 0 Å². The average Bonchev–Trinajstić information content (AvgIpc) is 3.36. The van der Waals surface area contributed by atoms with E-state index in [4.69, 9.17) is 14.6 Å². The predicted octanol–water partition coefficient (Wildman–Crippen LogP) is 6.53. The van der Waals surface area contributed by atoms with E-state index in [2.05, 4.69) is 10.3 Å². The van der Waals surface area contributed by atoms with E-state index in [1.807, 2.05) is 68.4 Å². The standard InChI is InChI=1S/C30H29FN4O3S/c1-3-16-37-24-14-9-13-22(17-24)27-26(28(36)38-18-21-10-5-4-6-11-21)20(2)32-29-33-30(34-35(27)29)39-19-23-12-7-8-15-25(23)31/h4-15,17,27H,3,16,18-19H2,1-2H3,(H,32,33,34). The number of anilines is 1. The molecule has 1 unspecified atom stereocenters. The van der Waals surface area contributed by atoms with Crippen LogP contribution in [0.25, 0.3) is 0 Å². The van der Waals surface area contributed by atoms with Gasteiger partial charge in [0.15, 0.2) is 0 Å². The molecule has 1 aliphatic heterocycles. The quantitative estimate of drug-likeness (QED) is 0.180. The van der Waals surface area contributed by atoms with Crippen molar-refractivity contribution in [3.63, 3.8) is 0 Å². The van der Waals surface area contributed by atoms with E-state index in [1.165, 1.54) is 17.8 Å². The summed E-state index contributed by atoms with van der Waals surface area (Å²) in [5.74, 6) is 0.858. The third-order valence-corrected chi connectivity index (χ3v) is 7.11. The fourth-order valence-electron chi connectivity index (χ4n) is 4.32. The number of esters is 1. The third-order valence-electron chi connectivity index (χ3n) is 6.23. The molecule has 0 saturated heterocycles. The van der Waals surface area contributed by atoms with E-state index in [-0.39, 0.29) is 12.4 Å². The number of hydrogen-bond donors (Lipinski definition) is 1. The molecule has 9 heteroatoms. The Morgan fingerprint density at radius 3 is 2.67 bits per heavy atom. The molecular formula is C30H29FN4O3S. The number of allylic oxidation sites excluding steroid dienone is 1. The second-order valence-corrected chi connectivity index (χ2v) is 10.0. The van der Waals surface area contributed by atoms with Crippen molar-refractivity contribution < 1.29 is 18.7 Å². The van der Waals surface area contributed by atoms with Gasteiger partial charge in [0.2, 0.25) is 11.1 Å². The molecule has 1 N–H and O–H groups in total. The van der Waals surface area contributed by atoms with Crippen LogP contribution in [0.1, 0.15) is 43.0 Å². The topological polar surface area (TPSA) is 78.3 Å². The van der Waals surface area contributed by atoms with Gasteiger partial charge in [-0.05, 0) is 48.2 Å². The van der Waals surface area contributed by atoms with E-state index in [0.717, 1.165) is 17.5 Å². The van der Waals surface area contributed by atoms with Crippen molar-refractivity contribution in [3.8, 4) is 5.75 Å². The van der Waals surface area contributed by atoms with Crippen LogP contribution in [-0.4, -0.2) is 27.3 Å². The fourth-order valence-corrected chi connectivity index (χ4v) is 5.13. The molecule has 0 bridgehead atoms. The summed E-state index contributed by atoms with van der Waals surface area (Å²) in [4.78, 5) is 18.2. The molecule has 0 radical (unpaired) electrons. The number of benzene rings is 3. The monoisotopic (exact) mass is 544 g/mol. The Labute approximate surface area is 231 Å². The smallest absolute Gasteiger partial charge is 0.338 e. The first-order valence-corrected chi connectivity index (χ1v) is 13.8. The molecule has 0 aliphatic carbocycles. The lowest BCUT2D eigenvalue weighted by molar-refractivity contribution is -0.140. The summed E-state index contributed by atoms with van der Waals surface area (Å²) in [6.07, 6.45) is 0.878. The molecule has 5 rings (SSSR count). The van der Waals surface area contributed by atoms with Gasteiger partial charge in [0.25, 0.3) is 0 Å². The molecule has 4 aromatic rings. The Morgan fingerprint density at radius 1 is 1.08 bits per heavy atom. The van der Waals surface area contributed by atoms with Crippen molar-refractivity contribution in [3.05, 3.63) is 113 Å². The van der Waals surface area contributed by atoms with Gasteiger partial charge >= 0.3 is 5.97 Å². The van der Waals surface area contributed by atoms with Crippen molar-refractivity contribution in [2.24, 2.45) is 0 Å². The van der Waals surface area contributed by atoms with Gasteiger partial charge in [-0.2, -0.15) is 4.98 Å². The molecule has 0 saturated carbocycles. The lowest BCUT2D eigenvalue weighted by Crippen LogP contribution is -2.29. The van der Waals surface area contributed by atoms with Gasteiger partial charge in [0.1, 0.15) is 24.2 Å². The zero-order valence-electron chi connectivity index (χ0n) is 21.8. The van der Waals surface area contributed by atoms with Crippen LogP contribution in [0, 0.1) is 5.82 Å². The minimum absolute atomic E-state index is 0.150. The van der Waals surface area contributed by atoms with Crippen LogP contribution in [0.2, 0.25) is 0 Å². The molecule has 39 heavy (non-hydrogen) atoms. The zero-order chi connectivity index (χ0) is 27.2. The summed E-state index contributed by atoms with van der Waals surface area (Å²) in [5.41, 5.74) is 3.34. The molecule has 1 aromatic heterocycles. The van der Waals surface area contributed by atoms with E-state index in [0.29, 0.717) is 46.0 Å². The highest BCUT2D eigenvalue weighted by molar-refractivity contribution is 7.98. The molecule has 0 fully saturated rings. The minimum Gasteiger partial charge on any atom is -0.494 e. The van der Waals surface area contributed by atoms with Crippen LogP contribution in [0.4, 0.5) is 10.3 Å². The number of halogens is 1. The number of carbonyl (C=O) groups is 1. The third kappa shape index (κ3) is 6.15. The SMILES string of the molecule is CCCOc1cccc(C2C(C(=O)OCc3ccccc3)=C(C)Nc3nc(SCc4ccccc4F)nn32)c1. The van der Waals surface area contributed by atoms with Crippen LogP contribution < -0.4 is 10.1 Å². The normalized spacial score (nSPS) is 14.5. The van der Waals surface area contributed by atoms with Crippen molar-refractivity contribution >= 4 is 23.7 Å². The number of thioether (sulfide) groups is 1. The summed E-state index contributed by atoms with van der Waals surface area (Å²) in [5, 5.41) is 8.42. The van der Waals surface area contributed by atoms with Gasteiger partial charge in [-0.1, -0.05) is 79.3 Å². The van der Waals surface area contributed by atoms with Crippen LogP contribution in [0.15, 0.2) is 95.3 Å². The number of aromatic nitrogens is 3. The number of nitrogens with zero attached hydrogens (tertiary/aromatic N) is 3. The summed E-state index contributed by atoms with van der Waals surface area (Å²) in [6.45, 7) is 4.61. The minimum atomic E-state index is -0.593. The van der Waals surface area contributed by atoms with Crippen LogP contribution in [0.5, 0.6) is 5.75 Å². The Morgan fingerprint density at radius 2 is 1.87 bits per heavy atom. The first-order chi connectivity index (χ1) is 19.0. The molecule has 0 amide bonds. The fraction of sp³-hybridized carbons (Fsp3) is 0.233. The van der Waals surface area contributed by atoms with E-state index in [9.17, 15) is 9.18 Å². The number of fused-ring (bicyclic) bond motifs is 1. The average molecular weight is 545 g/mol. The maximum Gasteiger partial charge on any atom is 0.338 e. The molecule has 3 aromatic carbocycles. The number of rotatable bonds is 10. The van der Waals surface area contributed by atoms with Crippen molar-refractivity contribution in [1.82, 2.24) is 14.8 Å². The van der Waals surface area contributed by atoms with E-state index < -0.39 is 12.0 Å². The Balaban J connectivity index is 1.47. The predicted molar refractivity (Wildman–Crippen MR) is 149 cm³/mol. The van der Waals surface area contributed by atoms with Gasteiger partial charge in [0, 0.05) is 11.4 Å². The molecule has 7 nitrogen and oxygen atoms in total. The Hall–Kier alpha value is -4.11. The number of nitrogens with one attached hydrogen (secondary N) is 1. The molecule has 1 aliphatic rings. The maximum absolute atomic E-state index is 14.2. The highest BCUT2D eigenvalue weighted by Crippen LogP contribution is 2.38. The second-order valence-electron chi connectivity index (χ2n) is 9.09. The molecular weight excluding hydrogens is 515 g/mol. The lowest BCUT2D eigenvalue weighted by Gasteiger charge is -2.28. The highest BCUT2D eigenvalue weighted by Gasteiger charge is 2.35. The summed E-state index contributed by atoms with van der Waals surface area (Å²) in [6, 6.07) is 23.2. The van der Waals surface area contributed by atoms with Crippen molar-refractivity contribution in [2.75, 3.05) is 11.9 Å². The number of ether oxygens (including phenoxy) is 2. The Bertz CT molecular complexity index is 1490. The van der Waals surface area contributed by atoms with Crippen LogP contribution in [-0.2, 0) is 21.9 Å². The summed E-state index contributed by atoms with van der Waals surface area (Å²) in [7, 11) is 0. The van der Waals surface area contributed by atoms with Crippen molar-refractivity contribution in [2.45, 2.75) is 43.8 Å². The van der Waals surface area contributed by atoms with Gasteiger partial charge in [-0.3, -0.25) is 0 Å². The number of hydrogen-bond acceptors (Lipinski definition) is 7. The highest BCUT2D eigenvalue weighted by atomic mass is 32.2. The first-order valence-electron chi connectivity index (χ1n) is 12.8. The zero-order valence-corrected chi connectivity index (χ0v) is 22.6.